The Morgan fingerprint density at radius 1 is 1.11 bits per heavy atom. The molecule has 37 heavy (non-hydrogen) atoms. The first kappa shape index (κ1) is 25.0. The Morgan fingerprint density at radius 3 is 2.57 bits per heavy atom. The van der Waals surface area contributed by atoms with Crippen molar-refractivity contribution in [2.45, 2.75) is 51.6 Å². The molecule has 4 aromatic rings. The van der Waals surface area contributed by atoms with Crippen LogP contribution in [-0.2, 0) is 6.54 Å². The molecule has 2 aromatic carbocycles. The van der Waals surface area contributed by atoms with Gasteiger partial charge in [0.05, 0.1) is 6.61 Å². The molecule has 1 aliphatic carbocycles. The lowest BCUT2D eigenvalue weighted by molar-refractivity contribution is 0.0615. The number of carbonyl (C=O) groups excluding carboxylic acids is 1. The van der Waals surface area contributed by atoms with Crippen molar-refractivity contribution in [3.8, 4) is 22.6 Å². The van der Waals surface area contributed by atoms with Crippen LogP contribution in [0, 0.1) is 0 Å². The maximum absolute atomic E-state index is 14.0. The van der Waals surface area contributed by atoms with Crippen molar-refractivity contribution in [1.82, 2.24) is 14.9 Å². The van der Waals surface area contributed by atoms with Gasteiger partial charge in [-0.1, -0.05) is 37.5 Å². The zero-order valence-electron chi connectivity index (χ0n) is 21.2. The molecule has 0 spiro atoms. The fraction of sp³-hybridized carbons (Fsp3) is 0.345. The standard InChI is InChI=1S/C29H32N4O3S/c1-3-36-24-14-13-19(21-16-31-29(30-2)32-17-21)15-20(24)18-33(22-9-5-4-6-10-22)28(35)27-26(34)23-11-7-8-12-25(23)37-27/h7-8,11-17,22,34H,3-6,9-10,18H2,1-2H3,(H,30,31,32). The van der Waals surface area contributed by atoms with Crippen LogP contribution < -0.4 is 10.1 Å². The number of fused-ring (bicyclic) bond motifs is 1. The number of thiophene rings is 1. The maximum atomic E-state index is 14.0. The van der Waals surface area contributed by atoms with E-state index in [0.29, 0.717) is 24.0 Å². The van der Waals surface area contributed by atoms with Gasteiger partial charge in [-0.25, -0.2) is 9.97 Å². The quantitative estimate of drug-likeness (QED) is 0.279. The minimum Gasteiger partial charge on any atom is -0.506 e. The van der Waals surface area contributed by atoms with Crippen molar-refractivity contribution in [1.29, 1.82) is 0 Å². The summed E-state index contributed by atoms with van der Waals surface area (Å²) in [5.74, 6) is 1.27. The number of nitrogens with zero attached hydrogens (tertiary/aromatic N) is 3. The van der Waals surface area contributed by atoms with E-state index < -0.39 is 0 Å². The van der Waals surface area contributed by atoms with Crippen molar-refractivity contribution < 1.29 is 14.6 Å². The number of ether oxygens (including phenoxy) is 1. The number of hydrogen-bond donors (Lipinski definition) is 2. The Balaban J connectivity index is 1.53. The van der Waals surface area contributed by atoms with Gasteiger partial charge in [-0.3, -0.25) is 4.79 Å². The molecule has 0 saturated heterocycles. The number of aromatic nitrogens is 2. The Labute approximate surface area is 221 Å². The number of benzene rings is 2. The molecule has 2 heterocycles. The number of amides is 1. The van der Waals surface area contributed by atoms with E-state index in [-0.39, 0.29) is 17.7 Å². The molecule has 0 unspecified atom stereocenters. The third kappa shape index (κ3) is 5.25. The predicted molar refractivity (Wildman–Crippen MR) is 148 cm³/mol. The van der Waals surface area contributed by atoms with Crippen LogP contribution in [0.5, 0.6) is 11.5 Å². The summed E-state index contributed by atoms with van der Waals surface area (Å²) in [7, 11) is 1.79. The van der Waals surface area contributed by atoms with Crippen molar-refractivity contribution >= 4 is 33.3 Å². The zero-order valence-corrected chi connectivity index (χ0v) is 22.1. The molecule has 0 atom stereocenters. The minimum absolute atomic E-state index is 0.0759. The fourth-order valence-corrected chi connectivity index (χ4v) is 6.09. The van der Waals surface area contributed by atoms with Gasteiger partial charge in [-0.05, 0) is 49.6 Å². The van der Waals surface area contributed by atoms with Crippen LogP contribution >= 0.6 is 11.3 Å². The molecule has 1 aliphatic rings. The molecule has 1 amide bonds. The van der Waals surface area contributed by atoms with Gasteiger partial charge in [0, 0.05) is 53.2 Å². The van der Waals surface area contributed by atoms with E-state index in [2.05, 4.69) is 21.4 Å². The highest BCUT2D eigenvalue weighted by Crippen LogP contribution is 2.39. The van der Waals surface area contributed by atoms with E-state index >= 15 is 0 Å². The second-order valence-corrected chi connectivity index (χ2v) is 10.4. The van der Waals surface area contributed by atoms with Gasteiger partial charge in [0.1, 0.15) is 16.4 Å². The van der Waals surface area contributed by atoms with Gasteiger partial charge < -0.3 is 20.1 Å². The molecule has 1 saturated carbocycles. The number of hydrogen-bond acceptors (Lipinski definition) is 7. The Hall–Kier alpha value is -3.65. The minimum atomic E-state index is -0.125. The van der Waals surface area contributed by atoms with Crippen LogP contribution in [0.2, 0.25) is 0 Å². The number of anilines is 1. The van der Waals surface area contributed by atoms with Crippen molar-refractivity contribution in [3.05, 3.63) is 65.3 Å². The first-order valence-corrected chi connectivity index (χ1v) is 13.7. The monoisotopic (exact) mass is 516 g/mol. The molecule has 2 N–H and O–H groups in total. The predicted octanol–water partition coefficient (Wildman–Crippen LogP) is 6.48. The van der Waals surface area contributed by atoms with E-state index in [1.165, 1.54) is 17.8 Å². The summed E-state index contributed by atoms with van der Waals surface area (Å²) in [6.45, 7) is 2.89. The number of rotatable bonds is 8. The molecule has 192 valence electrons. The van der Waals surface area contributed by atoms with E-state index in [4.69, 9.17) is 4.74 Å². The van der Waals surface area contributed by atoms with Gasteiger partial charge >= 0.3 is 0 Å². The number of nitrogens with one attached hydrogen (secondary N) is 1. The van der Waals surface area contributed by atoms with Crippen LogP contribution in [0.1, 0.15) is 54.3 Å². The highest BCUT2D eigenvalue weighted by atomic mass is 32.1. The van der Waals surface area contributed by atoms with Crippen LogP contribution in [-0.4, -0.2) is 45.6 Å². The molecule has 7 nitrogen and oxygen atoms in total. The second-order valence-electron chi connectivity index (χ2n) is 9.30. The zero-order chi connectivity index (χ0) is 25.8. The van der Waals surface area contributed by atoms with Crippen molar-refractivity contribution in [2.75, 3.05) is 19.0 Å². The van der Waals surface area contributed by atoms with Crippen LogP contribution in [0.4, 0.5) is 5.95 Å². The molecule has 8 heteroatoms. The van der Waals surface area contributed by atoms with Gasteiger partial charge in [-0.15, -0.1) is 11.3 Å². The first-order chi connectivity index (χ1) is 18.1. The number of aromatic hydroxyl groups is 1. The average Bonchev–Trinajstić information content (AvgIpc) is 3.29. The molecule has 0 bridgehead atoms. The topological polar surface area (TPSA) is 87.6 Å². The van der Waals surface area contributed by atoms with Gasteiger partial charge in [0.2, 0.25) is 5.95 Å². The van der Waals surface area contributed by atoms with E-state index in [1.807, 2.05) is 48.2 Å². The average molecular weight is 517 g/mol. The second kappa shape index (κ2) is 11.2. The summed E-state index contributed by atoms with van der Waals surface area (Å²) in [4.78, 5) is 25.1. The summed E-state index contributed by atoms with van der Waals surface area (Å²) in [5, 5.41) is 14.6. The van der Waals surface area contributed by atoms with Gasteiger partial charge in [-0.2, -0.15) is 0 Å². The molecule has 5 rings (SSSR count). The third-order valence-electron chi connectivity index (χ3n) is 6.95. The van der Waals surface area contributed by atoms with Crippen molar-refractivity contribution in [3.63, 3.8) is 0 Å². The molecule has 2 aromatic heterocycles. The van der Waals surface area contributed by atoms with E-state index in [0.717, 1.165) is 58.2 Å². The Bertz CT molecular complexity index is 1380. The smallest absolute Gasteiger partial charge is 0.268 e. The molecule has 1 fully saturated rings. The normalized spacial score (nSPS) is 14.0. The van der Waals surface area contributed by atoms with Crippen molar-refractivity contribution in [2.24, 2.45) is 0 Å². The molecular formula is C29H32N4O3S. The van der Waals surface area contributed by atoms with E-state index in [9.17, 15) is 9.90 Å². The van der Waals surface area contributed by atoms with Crippen LogP contribution in [0.3, 0.4) is 0 Å². The maximum Gasteiger partial charge on any atom is 0.268 e. The first-order valence-electron chi connectivity index (χ1n) is 12.9. The van der Waals surface area contributed by atoms with Crippen LogP contribution in [0.15, 0.2) is 54.9 Å². The summed E-state index contributed by atoms with van der Waals surface area (Å²) in [6.07, 6.45) is 8.88. The summed E-state index contributed by atoms with van der Waals surface area (Å²) < 4.78 is 6.89. The molecule has 0 radical (unpaired) electrons. The summed E-state index contributed by atoms with van der Waals surface area (Å²) in [6, 6.07) is 13.8. The number of carbonyl (C=O) groups is 1. The lowest BCUT2D eigenvalue weighted by Crippen LogP contribution is -2.40. The highest BCUT2D eigenvalue weighted by molar-refractivity contribution is 7.21. The third-order valence-corrected chi connectivity index (χ3v) is 8.10. The fourth-order valence-electron chi connectivity index (χ4n) is 5.04. The lowest BCUT2D eigenvalue weighted by atomic mass is 9.93. The lowest BCUT2D eigenvalue weighted by Gasteiger charge is -2.34. The molecule has 0 aliphatic heterocycles. The van der Waals surface area contributed by atoms with Gasteiger partial charge in [0.15, 0.2) is 0 Å². The summed E-state index contributed by atoms with van der Waals surface area (Å²) >= 11 is 1.36. The highest BCUT2D eigenvalue weighted by Gasteiger charge is 2.30. The Kier molecular flexibility index (Phi) is 7.55. The van der Waals surface area contributed by atoms with Crippen LogP contribution in [0.25, 0.3) is 21.2 Å². The largest absolute Gasteiger partial charge is 0.506 e. The van der Waals surface area contributed by atoms with E-state index in [1.54, 1.807) is 19.4 Å². The SMILES string of the molecule is CCOc1ccc(-c2cnc(NC)nc2)cc1CN(C(=O)c1sc2ccccc2c1O)C1CCCCC1. The van der Waals surface area contributed by atoms with Gasteiger partial charge in [0.25, 0.3) is 5.91 Å². The molecular weight excluding hydrogens is 484 g/mol. The summed E-state index contributed by atoms with van der Waals surface area (Å²) in [5.41, 5.74) is 2.78. The Morgan fingerprint density at radius 2 is 1.86 bits per heavy atom.